The van der Waals surface area contributed by atoms with Crippen LogP contribution in [0.2, 0.25) is 5.02 Å². The van der Waals surface area contributed by atoms with E-state index in [1.807, 2.05) is 26.0 Å². The molecule has 1 aromatic carbocycles. The van der Waals surface area contributed by atoms with Crippen molar-refractivity contribution < 1.29 is 23.6 Å². The molecule has 0 aromatic heterocycles. The van der Waals surface area contributed by atoms with Gasteiger partial charge in [-0.2, -0.15) is 0 Å². The summed E-state index contributed by atoms with van der Waals surface area (Å²) in [6.45, 7) is 4.70. The Hall–Kier alpha value is -0.423. The van der Waals surface area contributed by atoms with Crippen molar-refractivity contribution >= 4 is 17.5 Å². The molecule has 0 aliphatic carbocycles. The second-order valence-electron chi connectivity index (χ2n) is 3.94. The molecule has 2 rings (SSSR count). The molecule has 0 atom stereocenters. The Morgan fingerprint density at radius 1 is 1.47 bits per heavy atom. The molecule has 1 aliphatic heterocycles. The predicted octanol–water partition coefficient (Wildman–Crippen LogP) is -0.300. The second kappa shape index (κ2) is 4.61. The van der Waals surface area contributed by atoms with Crippen LogP contribution < -0.4 is 18.9 Å². The van der Waals surface area contributed by atoms with Crippen LogP contribution in [0, 0.1) is 6.07 Å². The quantitative estimate of drug-likeness (QED) is 0.466. The molecule has 0 N–H and O–H groups in total. The van der Waals surface area contributed by atoms with Gasteiger partial charge < -0.3 is 4.74 Å². The zero-order valence-corrected chi connectivity index (χ0v) is 9.93. The van der Waals surface area contributed by atoms with Gasteiger partial charge in [-0.05, 0) is 18.9 Å². The van der Waals surface area contributed by atoms with Crippen LogP contribution in [0.5, 0.6) is 0 Å². The van der Waals surface area contributed by atoms with Crippen LogP contribution in [0.3, 0.4) is 0 Å². The minimum atomic E-state index is -0.122. The fourth-order valence-corrected chi connectivity index (χ4v) is 1.38. The normalized spacial score (nSPS) is 17.7. The summed E-state index contributed by atoms with van der Waals surface area (Å²) in [7, 11) is 0. The molecule has 0 fully saturated rings. The van der Waals surface area contributed by atoms with Gasteiger partial charge in [0, 0.05) is 0 Å². The fourth-order valence-electron chi connectivity index (χ4n) is 1.26. The van der Waals surface area contributed by atoms with E-state index in [2.05, 4.69) is 11.1 Å². The number of hydrogen-bond donors (Lipinski definition) is 0. The summed E-state index contributed by atoms with van der Waals surface area (Å²) in [5, 5.41) is 0.673. The Morgan fingerprint density at radius 2 is 2.20 bits per heavy atom. The van der Waals surface area contributed by atoms with Gasteiger partial charge in [-0.1, -0.05) is 5.56 Å². The van der Waals surface area contributed by atoms with E-state index in [0.717, 1.165) is 5.56 Å². The maximum Gasteiger partial charge on any atom is 1.00 e. The number of benzene rings is 1. The number of rotatable bonds is 1. The standard InChI is InChI=1S/C11H11ClNO.Li/c1-11(2)7-14-10(13-11)8-3-5-9(12)6-4-8;/h3,5-6H,7H2,1-2H3;/q-1;+1. The van der Waals surface area contributed by atoms with Crippen molar-refractivity contribution in [1.29, 1.82) is 0 Å². The number of aliphatic imine (C=N–C) groups is 1. The molecular weight excluding hydrogens is 205 g/mol. The first-order valence-corrected chi connectivity index (χ1v) is 4.85. The molecule has 0 bridgehead atoms. The van der Waals surface area contributed by atoms with E-state index in [4.69, 9.17) is 16.3 Å². The van der Waals surface area contributed by atoms with Crippen molar-refractivity contribution in [2.75, 3.05) is 6.61 Å². The first kappa shape index (κ1) is 12.6. The molecule has 1 aliphatic rings. The summed E-state index contributed by atoms with van der Waals surface area (Å²) in [6.07, 6.45) is 0. The van der Waals surface area contributed by atoms with Crippen LogP contribution in [0.1, 0.15) is 19.4 Å². The molecule has 2 nitrogen and oxygen atoms in total. The molecule has 0 unspecified atom stereocenters. The monoisotopic (exact) mass is 215 g/mol. The van der Waals surface area contributed by atoms with Crippen LogP contribution in [-0.4, -0.2) is 18.0 Å². The Balaban J connectivity index is 0.00000112. The zero-order valence-electron chi connectivity index (χ0n) is 9.17. The average molecular weight is 216 g/mol. The predicted molar refractivity (Wildman–Crippen MR) is 56.9 cm³/mol. The summed E-state index contributed by atoms with van der Waals surface area (Å²) >= 11 is 5.76. The van der Waals surface area contributed by atoms with Crippen molar-refractivity contribution in [1.82, 2.24) is 0 Å². The summed E-state index contributed by atoms with van der Waals surface area (Å²) in [4.78, 5) is 4.44. The van der Waals surface area contributed by atoms with Gasteiger partial charge in [0.2, 0.25) is 0 Å². The van der Waals surface area contributed by atoms with Gasteiger partial charge in [-0.3, -0.25) is 4.99 Å². The van der Waals surface area contributed by atoms with Gasteiger partial charge in [-0.15, -0.1) is 35.9 Å². The molecule has 0 amide bonds. The van der Waals surface area contributed by atoms with E-state index in [0.29, 0.717) is 17.5 Å². The molecule has 1 heterocycles. The van der Waals surface area contributed by atoms with E-state index < -0.39 is 0 Å². The third kappa shape index (κ3) is 3.01. The van der Waals surface area contributed by atoms with Crippen LogP contribution in [-0.2, 0) is 4.74 Å². The van der Waals surface area contributed by atoms with Crippen molar-refractivity contribution in [3.63, 3.8) is 0 Å². The van der Waals surface area contributed by atoms with Gasteiger partial charge in [-0.25, -0.2) is 0 Å². The molecule has 0 saturated heterocycles. The Labute approximate surface area is 107 Å². The van der Waals surface area contributed by atoms with Crippen molar-refractivity contribution in [2.24, 2.45) is 4.99 Å². The van der Waals surface area contributed by atoms with Crippen molar-refractivity contribution in [3.05, 3.63) is 34.9 Å². The number of nitrogens with zero attached hydrogens (tertiary/aromatic N) is 1. The number of halogens is 1. The van der Waals surface area contributed by atoms with Gasteiger partial charge in [0.1, 0.15) is 12.5 Å². The number of ether oxygens (including phenoxy) is 1. The largest absolute Gasteiger partial charge is 1.00 e. The zero-order chi connectivity index (χ0) is 10.2. The Morgan fingerprint density at radius 3 is 2.67 bits per heavy atom. The molecule has 15 heavy (non-hydrogen) atoms. The van der Waals surface area contributed by atoms with Crippen molar-refractivity contribution in [3.8, 4) is 0 Å². The van der Waals surface area contributed by atoms with Gasteiger partial charge in [0.25, 0.3) is 0 Å². The molecule has 0 spiro atoms. The van der Waals surface area contributed by atoms with Crippen LogP contribution in [0.25, 0.3) is 0 Å². The average Bonchev–Trinajstić information content (AvgIpc) is 2.47. The third-order valence-corrected chi connectivity index (χ3v) is 2.21. The minimum absolute atomic E-state index is 0. The van der Waals surface area contributed by atoms with Gasteiger partial charge in [0.15, 0.2) is 0 Å². The maximum absolute atomic E-state index is 5.76. The van der Waals surface area contributed by atoms with Crippen LogP contribution in [0.4, 0.5) is 0 Å². The third-order valence-electron chi connectivity index (χ3n) is 1.97. The Kier molecular flexibility index (Phi) is 3.89. The van der Waals surface area contributed by atoms with Gasteiger partial charge in [0.05, 0.1) is 5.54 Å². The number of hydrogen-bond acceptors (Lipinski definition) is 2. The molecule has 0 radical (unpaired) electrons. The minimum Gasteiger partial charge on any atom is -0.518 e. The smallest absolute Gasteiger partial charge is 0.518 e. The first-order valence-electron chi connectivity index (χ1n) is 4.47. The van der Waals surface area contributed by atoms with E-state index in [-0.39, 0.29) is 24.4 Å². The summed E-state index contributed by atoms with van der Waals surface area (Å²) in [6, 6.07) is 8.42. The molecule has 1 aromatic rings. The summed E-state index contributed by atoms with van der Waals surface area (Å²) < 4.78 is 5.47. The van der Waals surface area contributed by atoms with Crippen LogP contribution in [0.15, 0.2) is 23.2 Å². The molecule has 74 valence electrons. The molecular formula is C11H11ClLiNO. The summed E-state index contributed by atoms with van der Waals surface area (Å²) in [5.41, 5.74) is 0.739. The SMILES string of the molecule is CC1(C)COC(c2[c-]cc(Cl)cc2)=N1.[Li+]. The first-order chi connectivity index (χ1) is 6.57. The van der Waals surface area contributed by atoms with Gasteiger partial charge >= 0.3 is 18.9 Å². The van der Waals surface area contributed by atoms with Crippen LogP contribution >= 0.6 is 11.6 Å². The van der Waals surface area contributed by atoms with Crippen molar-refractivity contribution in [2.45, 2.75) is 19.4 Å². The van der Waals surface area contributed by atoms with E-state index in [9.17, 15) is 0 Å². The molecule has 0 saturated carbocycles. The second-order valence-corrected chi connectivity index (χ2v) is 4.38. The fraction of sp³-hybridized carbons (Fsp3) is 0.364. The maximum atomic E-state index is 5.76. The van der Waals surface area contributed by atoms with E-state index in [1.54, 1.807) is 6.07 Å². The topological polar surface area (TPSA) is 21.6 Å². The molecule has 4 heteroatoms. The van der Waals surface area contributed by atoms with E-state index >= 15 is 0 Å². The summed E-state index contributed by atoms with van der Waals surface area (Å²) in [5.74, 6) is 0.659. The Bertz CT molecular complexity index is 373. The van der Waals surface area contributed by atoms with E-state index in [1.165, 1.54) is 0 Å².